The molecule has 1 saturated heterocycles. The summed E-state index contributed by atoms with van der Waals surface area (Å²) in [5.74, 6) is 0.290. The van der Waals surface area contributed by atoms with Gasteiger partial charge in [-0.25, -0.2) is 15.1 Å². The van der Waals surface area contributed by atoms with E-state index in [2.05, 4.69) is 15.4 Å². The molecule has 2 rings (SSSR count). The summed E-state index contributed by atoms with van der Waals surface area (Å²) in [4.78, 5) is 16.4. The highest BCUT2D eigenvalue weighted by Gasteiger charge is 2.21. The molecule has 2 heterocycles. The summed E-state index contributed by atoms with van der Waals surface area (Å²) in [5.41, 5.74) is 1.93. The van der Waals surface area contributed by atoms with Crippen LogP contribution in [0.25, 0.3) is 0 Å². The maximum absolute atomic E-state index is 10.4. The molecule has 1 N–H and O–H groups in total. The molecule has 0 atom stereocenters. The molecule has 8 heteroatoms. The van der Waals surface area contributed by atoms with Gasteiger partial charge in [-0.05, 0) is 23.6 Å². The summed E-state index contributed by atoms with van der Waals surface area (Å²) in [6.45, 7) is 3.85. The number of nitrogens with zero attached hydrogens (tertiary/aromatic N) is 4. The molecule has 1 aliphatic rings. The fourth-order valence-corrected chi connectivity index (χ4v) is 2.19. The second kappa shape index (κ2) is 5.83. The first kappa shape index (κ1) is 13.5. The Bertz CT molecular complexity index is 520. The maximum Gasteiger partial charge on any atom is 0.271 e. The standard InChI is InChI=1S/C11H14ClN5O2/c1-2-9-5-8(6-14-10(9)12)7-16-4-3-13-11(16)15-17(18)19/h5-6H,2-4,7H2,1H3,(H,13,15). The number of aromatic nitrogens is 1. The Morgan fingerprint density at radius 3 is 3.16 bits per heavy atom. The zero-order valence-corrected chi connectivity index (χ0v) is 11.2. The minimum atomic E-state index is -0.696. The second-order valence-corrected chi connectivity index (χ2v) is 4.51. The summed E-state index contributed by atoms with van der Waals surface area (Å²) < 4.78 is 0. The second-order valence-electron chi connectivity index (χ2n) is 4.16. The first-order valence-electron chi connectivity index (χ1n) is 5.95. The number of rotatable bonds is 4. The van der Waals surface area contributed by atoms with Crippen LogP contribution in [0.1, 0.15) is 18.1 Å². The molecule has 0 aliphatic carbocycles. The normalized spacial score (nSPS) is 16.7. The topological polar surface area (TPSA) is 83.7 Å². The summed E-state index contributed by atoms with van der Waals surface area (Å²) in [7, 11) is 0. The van der Waals surface area contributed by atoms with Crippen molar-refractivity contribution in [3.8, 4) is 0 Å². The molecule has 7 nitrogen and oxygen atoms in total. The first-order valence-corrected chi connectivity index (χ1v) is 6.33. The molecule has 0 amide bonds. The van der Waals surface area contributed by atoms with Gasteiger partial charge in [-0.3, -0.25) is 0 Å². The van der Waals surface area contributed by atoms with Crippen LogP contribution in [-0.2, 0) is 13.0 Å². The Morgan fingerprint density at radius 2 is 2.47 bits per heavy atom. The van der Waals surface area contributed by atoms with E-state index in [0.29, 0.717) is 24.8 Å². The van der Waals surface area contributed by atoms with Crippen molar-refractivity contribution in [2.24, 2.45) is 5.10 Å². The van der Waals surface area contributed by atoms with Gasteiger partial charge >= 0.3 is 0 Å². The molecule has 0 spiro atoms. The first-order chi connectivity index (χ1) is 9.10. The van der Waals surface area contributed by atoms with Crippen molar-refractivity contribution < 1.29 is 5.03 Å². The average molecular weight is 284 g/mol. The summed E-state index contributed by atoms with van der Waals surface area (Å²) >= 11 is 5.96. The molecule has 19 heavy (non-hydrogen) atoms. The molecule has 0 bridgehead atoms. The lowest BCUT2D eigenvalue weighted by atomic mass is 10.1. The number of pyridine rings is 1. The van der Waals surface area contributed by atoms with Crippen molar-refractivity contribution in [2.75, 3.05) is 13.1 Å². The monoisotopic (exact) mass is 283 g/mol. The van der Waals surface area contributed by atoms with Crippen molar-refractivity contribution in [3.05, 3.63) is 38.7 Å². The predicted octanol–water partition coefficient (Wildman–Crippen LogP) is 1.25. The van der Waals surface area contributed by atoms with Crippen molar-refractivity contribution in [3.63, 3.8) is 0 Å². The highest BCUT2D eigenvalue weighted by Crippen LogP contribution is 2.16. The van der Waals surface area contributed by atoms with E-state index in [9.17, 15) is 10.1 Å². The number of guanidine groups is 1. The number of halogens is 1. The fourth-order valence-electron chi connectivity index (χ4n) is 1.95. The van der Waals surface area contributed by atoms with Crippen LogP contribution in [0.3, 0.4) is 0 Å². The predicted molar refractivity (Wildman–Crippen MR) is 71.5 cm³/mol. The van der Waals surface area contributed by atoms with Gasteiger partial charge in [0.15, 0.2) is 5.03 Å². The van der Waals surface area contributed by atoms with Gasteiger partial charge in [0.2, 0.25) is 0 Å². The average Bonchev–Trinajstić information content (AvgIpc) is 2.78. The van der Waals surface area contributed by atoms with E-state index in [1.807, 2.05) is 17.9 Å². The lowest BCUT2D eigenvalue weighted by Gasteiger charge is -2.15. The largest absolute Gasteiger partial charge is 0.349 e. The molecular formula is C11H14ClN5O2. The van der Waals surface area contributed by atoms with Crippen molar-refractivity contribution >= 4 is 17.6 Å². The number of hydrogen-bond acceptors (Lipinski definition) is 3. The number of hydrazone groups is 1. The highest BCUT2D eigenvalue weighted by molar-refractivity contribution is 6.30. The van der Waals surface area contributed by atoms with E-state index >= 15 is 0 Å². The third-order valence-electron chi connectivity index (χ3n) is 2.86. The molecule has 102 valence electrons. The molecule has 0 aromatic carbocycles. The third-order valence-corrected chi connectivity index (χ3v) is 3.20. The quantitative estimate of drug-likeness (QED) is 0.511. The number of nitrogens with one attached hydrogen (secondary N) is 1. The highest BCUT2D eigenvalue weighted by atomic mass is 35.5. The van der Waals surface area contributed by atoms with Gasteiger partial charge in [-0.15, -0.1) is 0 Å². The van der Waals surface area contributed by atoms with Crippen LogP contribution in [0.2, 0.25) is 5.15 Å². The van der Waals surface area contributed by atoms with E-state index in [-0.39, 0.29) is 5.96 Å². The fraction of sp³-hybridized carbons (Fsp3) is 0.455. The summed E-state index contributed by atoms with van der Waals surface area (Å²) in [6.07, 6.45) is 2.48. The van der Waals surface area contributed by atoms with E-state index in [0.717, 1.165) is 17.5 Å². The van der Waals surface area contributed by atoms with Crippen LogP contribution in [0.15, 0.2) is 17.4 Å². The third kappa shape index (κ3) is 3.31. The summed E-state index contributed by atoms with van der Waals surface area (Å²) in [5, 5.41) is 16.4. The number of nitro groups is 1. The van der Waals surface area contributed by atoms with E-state index < -0.39 is 5.03 Å². The molecular weight excluding hydrogens is 270 g/mol. The van der Waals surface area contributed by atoms with Crippen LogP contribution in [0.5, 0.6) is 0 Å². The van der Waals surface area contributed by atoms with Crippen LogP contribution in [-0.4, -0.2) is 34.0 Å². The Kier molecular flexibility index (Phi) is 4.16. The minimum Gasteiger partial charge on any atom is -0.349 e. The Hall–Kier alpha value is -1.89. The van der Waals surface area contributed by atoms with Crippen LogP contribution >= 0.6 is 11.6 Å². The van der Waals surface area contributed by atoms with E-state index in [1.165, 1.54) is 0 Å². The van der Waals surface area contributed by atoms with Gasteiger partial charge in [0.05, 0.1) is 0 Å². The van der Waals surface area contributed by atoms with Gasteiger partial charge in [-0.1, -0.05) is 18.5 Å². The molecule has 1 fully saturated rings. The van der Waals surface area contributed by atoms with Gasteiger partial charge in [0.1, 0.15) is 10.3 Å². The Morgan fingerprint density at radius 1 is 1.68 bits per heavy atom. The van der Waals surface area contributed by atoms with E-state index in [4.69, 9.17) is 11.6 Å². The number of aryl methyl sites for hydroxylation is 1. The lowest BCUT2D eigenvalue weighted by Crippen LogP contribution is -2.30. The molecule has 1 aromatic rings. The molecule has 0 radical (unpaired) electrons. The van der Waals surface area contributed by atoms with Crippen LogP contribution in [0.4, 0.5) is 0 Å². The Balaban J connectivity index is 2.14. The summed E-state index contributed by atoms with van der Waals surface area (Å²) in [6, 6.07) is 1.97. The van der Waals surface area contributed by atoms with Crippen molar-refractivity contribution in [1.82, 2.24) is 15.2 Å². The van der Waals surface area contributed by atoms with Gasteiger partial charge < -0.3 is 10.2 Å². The molecule has 0 saturated carbocycles. The zero-order valence-electron chi connectivity index (χ0n) is 10.5. The van der Waals surface area contributed by atoms with Crippen LogP contribution < -0.4 is 5.32 Å². The Labute approximate surface area is 115 Å². The van der Waals surface area contributed by atoms with Gasteiger partial charge in [0, 0.05) is 25.8 Å². The maximum atomic E-state index is 10.4. The van der Waals surface area contributed by atoms with Crippen molar-refractivity contribution in [2.45, 2.75) is 19.9 Å². The van der Waals surface area contributed by atoms with Gasteiger partial charge in [0.25, 0.3) is 5.96 Å². The molecule has 0 unspecified atom stereocenters. The van der Waals surface area contributed by atoms with Crippen molar-refractivity contribution in [1.29, 1.82) is 0 Å². The smallest absolute Gasteiger partial charge is 0.271 e. The zero-order chi connectivity index (χ0) is 13.8. The number of hydrogen-bond donors (Lipinski definition) is 1. The molecule has 1 aliphatic heterocycles. The van der Waals surface area contributed by atoms with Crippen LogP contribution in [0, 0.1) is 10.1 Å². The lowest BCUT2D eigenvalue weighted by molar-refractivity contribution is -0.485. The van der Waals surface area contributed by atoms with Gasteiger partial charge in [-0.2, -0.15) is 0 Å². The van der Waals surface area contributed by atoms with E-state index in [1.54, 1.807) is 6.20 Å². The SMILES string of the molecule is CCc1cc(CN2CCN/C2=N\[N+](=O)[O-])cnc1Cl. The molecule has 1 aromatic heterocycles. The minimum absolute atomic E-state index is 0.290.